The molecule has 0 atom stereocenters. The molecule has 1 heterocycles. The highest BCUT2D eigenvalue weighted by atomic mass is 32.1. The molecule has 1 N–H and O–H groups in total. The lowest BCUT2D eigenvalue weighted by atomic mass is 10.1. The van der Waals surface area contributed by atoms with E-state index in [4.69, 9.17) is 12.2 Å². The number of alkyl halides is 3. The van der Waals surface area contributed by atoms with Gasteiger partial charge in [-0.25, -0.2) is 4.39 Å². The zero-order valence-corrected chi connectivity index (χ0v) is 10.9. The Morgan fingerprint density at radius 2 is 2.00 bits per heavy atom. The zero-order chi connectivity index (χ0) is 14.5. The third kappa shape index (κ3) is 2.24. The predicted octanol–water partition coefficient (Wildman–Crippen LogP) is 3.97. The van der Waals surface area contributed by atoms with Crippen molar-refractivity contribution in [2.45, 2.75) is 24.9 Å². The topological polar surface area (TPSA) is 33.6 Å². The third-order valence-corrected chi connectivity index (χ3v) is 3.43. The highest BCUT2D eigenvalue weighted by Gasteiger charge is 2.35. The molecule has 0 bridgehead atoms. The molecule has 2 aromatic rings. The summed E-state index contributed by atoms with van der Waals surface area (Å²) >= 11 is 5.04. The molecule has 1 saturated carbocycles. The van der Waals surface area contributed by atoms with E-state index in [1.807, 2.05) is 0 Å². The second kappa shape index (κ2) is 4.41. The van der Waals surface area contributed by atoms with Crippen LogP contribution in [0.4, 0.5) is 17.6 Å². The maximum absolute atomic E-state index is 13.3. The highest BCUT2D eigenvalue weighted by molar-refractivity contribution is 7.71. The van der Waals surface area contributed by atoms with Crippen molar-refractivity contribution in [2.24, 2.45) is 0 Å². The van der Waals surface area contributed by atoms with E-state index in [2.05, 4.69) is 10.2 Å². The molecule has 1 fully saturated rings. The van der Waals surface area contributed by atoms with Crippen molar-refractivity contribution in [3.63, 3.8) is 0 Å². The van der Waals surface area contributed by atoms with Gasteiger partial charge in [-0.3, -0.25) is 9.67 Å². The van der Waals surface area contributed by atoms with Crippen LogP contribution in [0.25, 0.3) is 5.69 Å². The van der Waals surface area contributed by atoms with Gasteiger partial charge in [0.05, 0.1) is 11.3 Å². The summed E-state index contributed by atoms with van der Waals surface area (Å²) in [5.41, 5.74) is -1.14. The number of nitrogens with zero attached hydrogens (tertiary/aromatic N) is 2. The Morgan fingerprint density at radius 3 is 2.60 bits per heavy atom. The first-order valence-electron chi connectivity index (χ1n) is 5.92. The number of hydrogen-bond donors (Lipinski definition) is 1. The first kappa shape index (κ1) is 13.3. The van der Waals surface area contributed by atoms with Gasteiger partial charge in [0.2, 0.25) is 0 Å². The molecule has 106 valence electrons. The van der Waals surface area contributed by atoms with E-state index in [0.717, 1.165) is 25.0 Å². The van der Waals surface area contributed by atoms with E-state index in [0.29, 0.717) is 5.82 Å². The molecule has 3 nitrogen and oxygen atoms in total. The molecular formula is C12H9F4N3S. The van der Waals surface area contributed by atoms with Crippen LogP contribution in [0.1, 0.15) is 30.1 Å². The molecule has 1 aromatic carbocycles. The van der Waals surface area contributed by atoms with Crippen molar-refractivity contribution in [3.8, 4) is 5.69 Å². The van der Waals surface area contributed by atoms with Crippen molar-refractivity contribution in [1.82, 2.24) is 14.8 Å². The van der Waals surface area contributed by atoms with Crippen LogP contribution in [-0.4, -0.2) is 14.8 Å². The lowest BCUT2D eigenvalue weighted by Gasteiger charge is -2.11. The van der Waals surface area contributed by atoms with Crippen molar-refractivity contribution < 1.29 is 17.6 Å². The van der Waals surface area contributed by atoms with E-state index >= 15 is 0 Å². The number of halogens is 4. The van der Waals surface area contributed by atoms with Gasteiger partial charge in [0.25, 0.3) is 0 Å². The van der Waals surface area contributed by atoms with Gasteiger partial charge in [0.1, 0.15) is 11.6 Å². The van der Waals surface area contributed by atoms with Gasteiger partial charge in [-0.2, -0.15) is 18.3 Å². The molecule has 3 rings (SSSR count). The lowest BCUT2D eigenvalue weighted by Crippen LogP contribution is -2.10. The third-order valence-electron chi connectivity index (χ3n) is 3.15. The van der Waals surface area contributed by atoms with Gasteiger partial charge < -0.3 is 0 Å². The predicted molar refractivity (Wildman–Crippen MR) is 65.7 cm³/mol. The van der Waals surface area contributed by atoms with Crippen molar-refractivity contribution in [3.05, 3.63) is 40.2 Å². The van der Waals surface area contributed by atoms with Crippen LogP contribution in [0.2, 0.25) is 0 Å². The summed E-state index contributed by atoms with van der Waals surface area (Å²) in [4.78, 5) is 0. The summed E-state index contributed by atoms with van der Waals surface area (Å²) in [6.45, 7) is 0. The Labute approximate surface area is 116 Å². The van der Waals surface area contributed by atoms with Crippen LogP contribution in [0, 0.1) is 10.6 Å². The first-order valence-corrected chi connectivity index (χ1v) is 6.33. The van der Waals surface area contributed by atoms with Gasteiger partial charge in [-0.05, 0) is 43.3 Å². The summed E-state index contributed by atoms with van der Waals surface area (Å²) < 4.78 is 53.2. The van der Waals surface area contributed by atoms with Crippen molar-refractivity contribution >= 4 is 12.2 Å². The van der Waals surface area contributed by atoms with Gasteiger partial charge >= 0.3 is 6.18 Å². The fourth-order valence-electron chi connectivity index (χ4n) is 2.04. The summed E-state index contributed by atoms with van der Waals surface area (Å²) in [5, 5.41) is 6.61. The Hall–Kier alpha value is -1.70. The minimum absolute atomic E-state index is 0.166. The van der Waals surface area contributed by atoms with Gasteiger partial charge in [-0.15, -0.1) is 0 Å². The Bertz CT molecular complexity index is 712. The normalized spacial score (nSPS) is 15.6. The molecular weight excluding hydrogens is 294 g/mol. The molecule has 20 heavy (non-hydrogen) atoms. The summed E-state index contributed by atoms with van der Waals surface area (Å²) in [6, 6.07) is 2.82. The maximum atomic E-state index is 13.3. The molecule has 8 heteroatoms. The monoisotopic (exact) mass is 303 g/mol. The molecule has 0 amide bonds. The zero-order valence-electron chi connectivity index (χ0n) is 10.0. The number of aromatic amines is 1. The molecule has 1 aliphatic rings. The standard InChI is InChI=1S/C12H9F4N3S/c13-9-4-3-7(5-8(9)12(14,15)16)19-10(6-1-2-6)17-18-11(19)20/h3-6H,1-2H2,(H,18,20). The Kier molecular flexibility index (Phi) is 2.93. The van der Waals surface area contributed by atoms with E-state index in [-0.39, 0.29) is 16.4 Å². The lowest BCUT2D eigenvalue weighted by molar-refractivity contribution is -0.140. The first-order chi connectivity index (χ1) is 9.38. The second-order valence-corrected chi connectivity index (χ2v) is 5.05. The van der Waals surface area contributed by atoms with Crippen LogP contribution >= 0.6 is 12.2 Å². The number of hydrogen-bond acceptors (Lipinski definition) is 2. The number of benzene rings is 1. The number of rotatable bonds is 2. The molecule has 1 aromatic heterocycles. The SMILES string of the molecule is Fc1ccc(-n2c(C3CC3)n[nH]c2=S)cc1C(F)(F)F. The smallest absolute Gasteiger partial charge is 0.272 e. The molecule has 0 radical (unpaired) electrons. The number of H-pyrrole nitrogens is 1. The average molecular weight is 303 g/mol. The van der Waals surface area contributed by atoms with Crippen LogP contribution in [-0.2, 0) is 6.18 Å². The van der Waals surface area contributed by atoms with Crippen LogP contribution in [0.5, 0.6) is 0 Å². The van der Waals surface area contributed by atoms with E-state index < -0.39 is 17.6 Å². The van der Waals surface area contributed by atoms with Crippen molar-refractivity contribution in [1.29, 1.82) is 0 Å². The van der Waals surface area contributed by atoms with Crippen LogP contribution in [0.3, 0.4) is 0 Å². The molecule has 0 aliphatic heterocycles. The highest BCUT2D eigenvalue weighted by Crippen LogP contribution is 2.40. The van der Waals surface area contributed by atoms with Gasteiger partial charge in [0, 0.05) is 5.92 Å². The van der Waals surface area contributed by atoms with Crippen LogP contribution < -0.4 is 0 Å². The maximum Gasteiger partial charge on any atom is 0.419 e. The minimum Gasteiger partial charge on any atom is -0.272 e. The Morgan fingerprint density at radius 1 is 1.30 bits per heavy atom. The molecule has 0 spiro atoms. The quantitative estimate of drug-likeness (QED) is 0.673. The second-order valence-electron chi connectivity index (χ2n) is 4.66. The minimum atomic E-state index is -4.74. The molecule has 0 saturated heterocycles. The van der Waals surface area contributed by atoms with Gasteiger partial charge in [-0.1, -0.05) is 0 Å². The van der Waals surface area contributed by atoms with E-state index in [1.54, 1.807) is 0 Å². The summed E-state index contributed by atoms with van der Waals surface area (Å²) in [7, 11) is 0. The molecule has 0 unspecified atom stereocenters. The number of nitrogens with one attached hydrogen (secondary N) is 1. The average Bonchev–Trinajstić information content (AvgIpc) is 3.13. The molecule has 1 aliphatic carbocycles. The van der Waals surface area contributed by atoms with E-state index in [9.17, 15) is 17.6 Å². The number of aromatic nitrogens is 3. The Balaban J connectivity index is 2.16. The largest absolute Gasteiger partial charge is 0.419 e. The van der Waals surface area contributed by atoms with Crippen molar-refractivity contribution in [2.75, 3.05) is 0 Å². The summed E-state index contributed by atoms with van der Waals surface area (Å²) in [6.07, 6.45) is -2.90. The fraction of sp³-hybridized carbons (Fsp3) is 0.333. The van der Waals surface area contributed by atoms with E-state index in [1.165, 1.54) is 10.6 Å². The summed E-state index contributed by atoms with van der Waals surface area (Å²) in [5.74, 6) is -0.513. The van der Waals surface area contributed by atoms with Gasteiger partial charge in [0.15, 0.2) is 4.77 Å². The fourth-order valence-corrected chi connectivity index (χ4v) is 2.29. The van der Waals surface area contributed by atoms with Crippen LogP contribution in [0.15, 0.2) is 18.2 Å².